The Hall–Kier alpha value is -2.35. The fraction of sp³-hybridized carbons (Fsp3) is 0.412. The molecule has 0 atom stereocenters. The smallest absolute Gasteiger partial charge is 0.401 e. The fourth-order valence-electron chi connectivity index (χ4n) is 2.29. The fourth-order valence-corrected chi connectivity index (χ4v) is 2.29. The van der Waals surface area contributed by atoms with Crippen LogP contribution in [0.15, 0.2) is 41.0 Å². The summed E-state index contributed by atoms with van der Waals surface area (Å²) in [6.07, 6.45) is -2.28. The highest BCUT2D eigenvalue weighted by molar-refractivity contribution is 5.78. The quantitative estimate of drug-likeness (QED) is 0.740. The number of halogens is 3. The van der Waals surface area contributed by atoms with Crippen molar-refractivity contribution >= 4 is 5.91 Å². The Morgan fingerprint density at radius 1 is 1.28 bits per heavy atom. The second-order valence-corrected chi connectivity index (χ2v) is 5.74. The number of aromatic nitrogens is 1. The van der Waals surface area contributed by atoms with E-state index in [1.807, 2.05) is 30.3 Å². The van der Waals surface area contributed by atoms with Crippen molar-refractivity contribution in [2.75, 3.05) is 26.7 Å². The van der Waals surface area contributed by atoms with Crippen molar-refractivity contribution in [2.24, 2.45) is 0 Å². The van der Waals surface area contributed by atoms with Crippen molar-refractivity contribution in [1.29, 1.82) is 0 Å². The highest BCUT2D eigenvalue weighted by Gasteiger charge is 2.28. The first-order valence-electron chi connectivity index (χ1n) is 7.85. The SMILES string of the molecule is CN(CCCNC(=O)Cc1coc(-c2ccccc2)n1)CC(F)(F)F. The van der Waals surface area contributed by atoms with Gasteiger partial charge in [-0.1, -0.05) is 18.2 Å². The average molecular weight is 355 g/mol. The zero-order valence-electron chi connectivity index (χ0n) is 13.8. The molecule has 0 radical (unpaired) electrons. The van der Waals surface area contributed by atoms with Gasteiger partial charge in [0.25, 0.3) is 0 Å². The predicted molar refractivity (Wildman–Crippen MR) is 86.8 cm³/mol. The van der Waals surface area contributed by atoms with Gasteiger partial charge in [0.05, 0.1) is 18.7 Å². The summed E-state index contributed by atoms with van der Waals surface area (Å²) < 4.78 is 41.9. The molecule has 0 fully saturated rings. The van der Waals surface area contributed by atoms with Crippen LogP contribution in [-0.2, 0) is 11.2 Å². The Kier molecular flexibility index (Phi) is 6.58. The molecule has 0 unspecified atom stereocenters. The van der Waals surface area contributed by atoms with E-state index in [1.54, 1.807) is 0 Å². The summed E-state index contributed by atoms with van der Waals surface area (Å²) in [6.45, 7) is -0.394. The first-order valence-corrected chi connectivity index (χ1v) is 7.85. The number of benzene rings is 1. The third-order valence-corrected chi connectivity index (χ3v) is 3.40. The van der Waals surface area contributed by atoms with E-state index in [4.69, 9.17) is 4.42 Å². The molecule has 1 N–H and O–H groups in total. The Balaban J connectivity index is 1.70. The number of hydrogen-bond acceptors (Lipinski definition) is 4. The number of rotatable bonds is 8. The number of carbonyl (C=O) groups is 1. The third kappa shape index (κ3) is 6.96. The van der Waals surface area contributed by atoms with E-state index in [9.17, 15) is 18.0 Å². The van der Waals surface area contributed by atoms with Crippen LogP contribution in [0.5, 0.6) is 0 Å². The summed E-state index contributed by atoms with van der Waals surface area (Å²) in [7, 11) is 1.40. The summed E-state index contributed by atoms with van der Waals surface area (Å²) in [4.78, 5) is 17.3. The largest absolute Gasteiger partial charge is 0.444 e. The number of oxazole rings is 1. The van der Waals surface area contributed by atoms with Crippen molar-refractivity contribution in [3.8, 4) is 11.5 Å². The molecule has 1 amide bonds. The lowest BCUT2D eigenvalue weighted by Gasteiger charge is -2.18. The van der Waals surface area contributed by atoms with Gasteiger partial charge in [0, 0.05) is 12.1 Å². The Morgan fingerprint density at radius 2 is 2.00 bits per heavy atom. The van der Waals surface area contributed by atoms with Gasteiger partial charge in [-0.25, -0.2) is 4.98 Å². The molecule has 8 heteroatoms. The number of nitrogens with zero attached hydrogens (tertiary/aromatic N) is 2. The van der Waals surface area contributed by atoms with E-state index in [2.05, 4.69) is 10.3 Å². The molecule has 0 aliphatic heterocycles. The van der Waals surface area contributed by atoms with Crippen molar-refractivity contribution < 1.29 is 22.4 Å². The predicted octanol–water partition coefficient (Wildman–Crippen LogP) is 2.88. The monoisotopic (exact) mass is 355 g/mol. The minimum absolute atomic E-state index is 0.0642. The molecule has 1 heterocycles. The topological polar surface area (TPSA) is 58.4 Å². The van der Waals surface area contributed by atoms with E-state index in [1.165, 1.54) is 18.2 Å². The normalized spacial score (nSPS) is 11.7. The number of nitrogens with one attached hydrogen (secondary N) is 1. The van der Waals surface area contributed by atoms with Crippen LogP contribution >= 0.6 is 0 Å². The second-order valence-electron chi connectivity index (χ2n) is 5.74. The molecule has 25 heavy (non-hydrogen) atoms. The van der Waals surface area contributed by atoms with Crippen molar-refractivity contribution in [3.05, 3.63) is 42.3 Å². The van der Waals surface area contributed by atoms with Crippen LogP contribution in [0, 0.1) is 0 Å². The first kappa shape index (κ1) is 19.0. The minimum Gasteiger partial charge on any atom is -0.444 e. The van der Waals surface area contributed by atoms with E-state index in [-0.39, 0.29) is 18.9 Å². The molecule has 0 saturated heterocycles. The molecule has 0 aliphatic rings. The molecule has 0 spiro atoms. The molecule has 2 rings (SSSR count). The maximum atomic E-state index is 12.2. The highest BCUT2D eigenvalue weighted by Crippen LogP contribution is 2.18. The molecule has 0 aliphatic carbocycles. The molecule has 0 saturated carbocycles. The third-order valence-electron chi connectivity index (χ3n) is 3.40. The summed E-state index contributed by atoms with van der Waals surface area (Å²) in [6, 6.07) is 9.32. The average Bonchev–Trinajstić information content (AvgIpc) is 2.99. The van der Waals surface area contributed by atoms with Gasteiger partial charge in [0.15, 0.2) is 0 Å². The van der Waals surface area contributed by atoms with Gasteiger partial charge in [0.1, 0.15) is 6.26 Å². The maximum Gasteiger partial charge on any atom is 0.401 e. The van der Waals surface area contributed by atoms with E-state index in [0.717, 1.165) is 5.56 Å². The standard InChI is InChI=1S/C17H20F3N3O2/c1-23(12-17(18,19)20)9-5-8-21-15(24)10-14-11-25-16(22-14)13-6-3-2-4-7-13/h2-4,6-7,11H,5,8-10,12H2,1H3,(H,21,24). The summed E-state index contributed by atoms with van der Waals surface area (Å²) in [5, 5.41) is 2.67. The van der Waals surface area contributed by atoms with Crippen LogP contribution in [-0.4, -0.2) is 48.6 Å². The molecule has 2 aromatic rings. The van der Waals surface area contributed by atoms with E-state index in [0.29, 0.717) is 24.6 Å². The Labute approximate surface area is 143 Å². The number of carbonyl (C=O) groups excluding carboxylic acids is 1. The summed E-state index contributed by atoms with van der Waals surface area (Å²) >= 11 is 0. The van der Waals surface area contributed by atoms with Crippen molar-refractivity contribution in [3.63, 3.8) is 0 Å². The van der Waals surface area contributed by atoms with Crippen LogP contribution in [0.1, 0.15) is 12.1 Å². The van der Waals surface area contributed by atoms with Gasteiger partial charge >= 0.3 is 6.18 Å². The zero-order chi connectivity index (χ0) is 18.3. The molecule has 1 aromatic carbocycles. The van der Waals surface area contributed by atoms with Crippen LogP contribution < -0.4 is 5.32 Å². The zero-order valence-corrected chi connectivity index (χ0v) is 13.8. The molecule has 136 valence electrons. The minimum atomic E-state index is -4.21. The number of hydrogen-bond donors (Lipinski definition) is 1. The lowest BCUT2D eigenvalue weighted by Crippen LogP contribution is -2.34. The molecule has 0 bridgehead atoms. The molecular weight excluding hydrogens is 335 g/mol. The molecular formula is C17H20F3N3O2. The summed E-state index contributed by atoms with van der Waals surface area (Å²) in [5.41, 5.74) is 1.33. The van der Waals surface area contributed by atoms with Gasteiger partial charge < -0.3 is 9.73 Å². The number of amides is 1. The lowest BCUT2D eigenvalue weighted by molar-refractivity contribution is -0.143. The molecule has 1 aromatic heterocycles. The maximum absolute atomic E-state index is 12.2. The van der Waals surface area contributed by atoms with Crippen molar-refractivity contribution in [1.82, 2.24) is 15.2 Å². The molecule has 5 nitrogen and oxygen atoms in total. The van der Waals surface area contributed by atoms with Gasteiger partial charge in [0.2, 0.25) is 11.8 Å². The van der Waals surface area contributed by atoms with E-state index < -0.39 is 12.7 Å². The lowest BCUT2D eigenvalue weighted by atomic mass is 10.2. The first-order chi connectivity index (χ1) is 11.8. The summed E-state index contributed by atoms with van der Waals surface area (Å²) in [5.74, 6) is 0.198. The van der Waals surface area contributed by atoms with Crippen LogP contribution in [0.25, 0.3) is 11.5 Å². The second kappa shape index (κ2) is 8.66. The highest BCUT2D eigenvalue weighted by atomic mass is 19.4. The van der Waals surface area contributed by atoms with Crippen LogP contribution in [0.3, 0.4) is 0 Å². The van der Waals surface area contributed by atoms with Gasteiger partial charge in [-0.2, -0.15) is 13.2 Å². The Morgan fingerprint density at radius 3 is 2.68 bits per heavy atom. The van der Waals surface area contributed by atoms with Crippen molar-refractivity contribution in [2.45, 2.75) is 19.0 Å². The van der Waals surface area contributed by atoms with Crippen LogP contribution in [0.4, 0.5) is 13.2 Å². The Bertz CT molecular complexity index is 671. The van der Waals surface area contributed by atoms with Gasteiger partial charge in [-0.05, 0) is 32.1 Å². The number of alkyl halides is 3. The van der Waals surface area contributed by atoms with E-state index >= 15 is 0 Å². The van der Waals surface area contributed by atoms with Gasteiger partial charge in [-0.15, -0.1) is 0 Å². The van der Waals surface area contributed by atoms with Gasteiger partial charge in [-0.3, -0.25) is 9.69 Å². The van der Waals surface area contributed by atoms with Crippen LogP contribution in [0.2, 0.25) is 0 Å².